The second-order valence-corrected chi connectivity index (χ2v) is 0. The summed E-state index contributed by atoms with van der Waals surface area (Å²) in [6.45, 7) is 0. The largest absolute Gasteiger partial charge is 1.00 e. The molecule has 0 aliphatic heterocycles. The van der Waals surface area contributed by atoms with Crippen LogP contribution in [0.3, 0.4) is 0 Å². The molecule has 0 heterocycles. The minimum atomic E-state index is 0. The summed E-state index contributed by atoms with van der Waals surface area (Å²) in [4.78, 5) is 0. The third-order valence-electron chi connectivity index (χ3n) is 0. The molecule has 0 atom stereocenters. The summed E-state index contributed by atoms with van der Waals surface area (Å²) in [5.74, 6) is 0. The molecule has 0 aliphatic carbocycles. The summed E-state index contributed by atoms with van der Waals surface area (Å²) in [7, 11) is 0. The molecule has 7 heavy (non-hydrogen) atoms. The molecule has 0 saturated heterocycles. The molecule has 0 rings (SSSR count). The van der Waals surface area contributed by atoms with E-state index in [2.05, 4.69) is 0 Å². The summed E-state index contributed by atoms with van der Waals surface area (Å²) >= 11 is 0. The molecule has 0 bridgehead atoms. The van der Waals surface area contributed by atoms with Crippen molar-refractivity contribution >= 4 is 38.3 Å². The van der Waals surface area contributed by atoms with E-state index in [-0.39, 0.29) is 174 Å². The average Bonchev–Trinajstić information content (AvgIpc) is 0. The number of hydrogen-bond donors (Lipinski definition) is 0. The zero-order valence-electron chi connectivity index (χ0n) is 6.06. The zero-order chi connectivity index (χ0) is 0. The van der Waals surface area contributed by atoms with E-state index >= 15 is 0 Å². The van der Waals surface area contributed by atoms with E-state index in [1.807, 2.05) is 0 Å². The zero-order valence-corrected chi connectivity index (χ0v) is 17.4. The summed E-state index contributed by atoms with van der Waals surface area (Å²) in [6, 6.07) is 0. The second kappa shape index (κ2) is 42.5. The maximum absolute atomic E-state index is 0. The molecule has 7 heteroatoms. The first-order valence-corrected chi connectivity index (χ1v) is 0. The Morgan fingerprint density at radius 1 is 1.14 bits per heavy atom. The first-order chi connectivity index (χ1) is 0. The Morgan fingerprint density at radius 3 is 1.14 bits per heavy atom. The van der Waals surface area contributed by atoms with Gasteiger partial charge in [-0.3, -0.25) is 0 Å². The van der Waals surface area contributed by atoms with Crippen molar-refractivity contribution in [2.45, 2.75) is 0 Å². The van der Waals surface area contributed by atoms with Gasteiger partial charge in [0.25, 0.3) is 0 Å². The van der Waals surface area contributed by atoms with Gasteiger partial charge in [0.05, 0.1) is 0 Å². The molecule has 0 nitrogen and oxygen atoms in total. The van der Waals surface area contributed by atoms with Crippen molar-refractivity contribution in [3.63, 3.8) is 0 Å². The molecule has 0 aromatic rings. The van der Waals surface area contributed by atoms with E-state index in [1.165, 1.54) is 0 Å². The fraction of sp³-hybridized carbons (Fsp3) is 0. The molecule has 0 spiro atoms. The van der Waals surface area contributed by atoms with Gasteiger partial charge in [-0.05, 0) is 0 Å². The van der Waals surface area contributed by atoms with Crippen LogP contribution in [0, 0.1) is 0 Å². The van der Waals surface area contributed by atoms with Crippen LogP contribution in [0.5, 0.6) is 0 Å². The molecule has 0 N–H and O–H groups in total. The van der Waals surface area contributed by atoms with E-state index in [9.17, 15) is 0 Å². The molecule has 37 valence electrons. The minimum absolute atomic E-state index is 0. The van der Waals surface area contributed by atoms with Crippen molar-refractivity contribution < 1.29 is 135 Å². The van der Waals surface area contributed by atoms with Crippen LogP contribution in [-0.4, -0.2) is 38.3 Å². The van der Waals surface area contributed by atoms with Crippen molar-refractivity contribution in [2.24, 2.45) is 0 Å². The average molecular weight is 471 g/mol. The Labute approximate surface area is 169 Å². The van der Waals surface area contributed by atoms with Crippen LogP contribution in [0.4, 0.5) is 0 Å². The van der Waals surface area contributed by atoms with Gasteiger partial charge >= 0.3 is 80.9 Å². The Kier molecular flexibility index (Phi) is 338. The second-order valence-electron chi connectivity index (χ2n) is 0. The van der Waals surface area contributed by atoms with Gasteiger partial charge in [-0.15, -0.1) is 0 Å². The van der Waals surface area contributed by atoms with Gasteiger partial charge in [0.15, 0.2) is 0 Å². The molecule has 0 aromatic carbocycles. The fourth-order valence-corrected chi connectivity index (χ4v) is 0. The van der Waals surface area contributed by atoms with Crippen LogP contribution < -0.4 is 80.9 Å². The van der Waals surface area contributed by atoms with Crippen molar-refractivity contribution in [1.29, 1.82) is 0 Å². The van der Waals surface area contributed by atoms with Crippen LogP contribution in [0.25, 0.3) is 0 Å². The van der Waals surface area contributed by atoms with Gasteiger partial charge in [0.1, 0.15) is 0 Å². The standard InChI is InChI=1S/Cr.Cu.Fe.K.Na.Pb.Si.2H/q;;;2*+1;;;2*-1. The number of rotatable bonds is 0. The smallest absolute Gasteiger partial charge is 1.00 e. The van der Waals surface area contributed by atoms with E-state index in [1.54, 1.807) is 0 Å². The fourth-order valence-electron chi connectivity index (χ4n) is 0. The molecule has 0 unspecified atom stereocenters. The van der Waals surface area contributed by atoms with E-state index in [0.717, 1.165) is 0 Å². The first kappa shape index (κ1) is 55.6. The molecule has 0 amide bonds. The van der Waals surface area contributed by atoms with Crippen LogP contribution in [0.1, 0.15) is 2.85 Å². The van der Waals surface area contributed by atoms with Gasteiger partial charge in [-0.2, -0.15) is 0 Å². The molecule has 9 radical (unpaired) electrons. The Bertz CT molecular complexity index is 26.5. The van der Waals surface area contributed by atoms with Crippen LogP contribution in [0.2, 0.25) is 0 Å². The molecule has 0 saturated carbocycles. The normalized spacial score (nSPS) is 0. The van der Waals surface area contributed by atoms with Crippen molar-refractivity contribution in [2.75, 3.05) is 0 Å². The topological polar surface area (TPSA) is 0 Å². The Hall–Kier alpha value is 5.35. The summed E-state index contributed by atoms with van der Waals surface area (Å²) in [5.41, 5.74) is 0. The van der Waals surface area contributed by atoms with Gasteiger partial charge in [0, 0.05) is 89.8 Å². The van der Waals surface area contributed by atoms with Crippen molar-refractivity contribution in [1.82, 2.24) is 0 Å². The Morgan fingerprint density at radius 2 is 1.14 bits per heavy atom. The Balaban J connectivity index is 0. The van der Waals surface area contributed by atoms with Crippen LogP contribution in [-0.2, 0) is 51.5 Å². The van der Waals surface area contributed by atoms with Crippen LogP contribution in [0.15, 0.2) is 0 Å². The monoisotopic (exact) mass is 471 g/mol. The van der Waals surface area contributed by atoms with Crippen LogP contribution >= 0.6 is 0 Å². The number of hydrogen-bond acceptors (Lipinski definition) is 0. The van der Waals surface area contributed by atoms with Gasteiger partial charge in [-0.1, -0.05) is 0 Å². The molecular formula is H2CrCuFeKNaPbSi. The van der Waals surface area contributed by atoms with Gasteiger partial charge in [0.2, 0.25) is 0 Å². The van der Waals surface area contributed by atoms with Crippen molar-refractivity contribution in [3.8, 4) is 0 Å². The molecule has 0 fully saturated rings. The predicted molar refractivity (Wildman–Crippen MR) is 13.7 cm³/mol. The summed E-state index contributed by atoms with van der Waals surface area (Å²) in [5, 5.41) is 0. The maximum Gasteiger partial charge on any atom is 1.00 e. The van der Waals surface area contributed by atoms with E-state index < -0.39 is 0 Å². The first-order valence-electron chi connectivity index (χ1n) is 0. The van der Waals surface area contributed by atoms with Gasteiger partial charge < -0.3 is 2.85 Å². The van der Waals surface area contributed by atoms with Crippen molar-refractivity contribution in [3.05, 3.63) is 0 Å². The maximum atomic E-state index is 0. The molecule has 0 aromatic heterocycles. The summed E-state index contributed by atoms with van der Waals surface area (Å²) in [6.07, 6.45) is 0. The van der Waals surface area contributed by atoms with E-state index in [4.69, 9.17) is 0 Å². The molecular weight excluding hydrogens is 469 g/mol. The minimum Gasteiger partial charge on any atom is -1.00 e. The third kappa shape index (κ3) is 34.7. The summed E-state index contributed by atoms with van der Waals surface area (Å²) < 4.78 is 0. The molecule has 0 aliphatic rings. The predicted octanol–water partition coefficient (Wildman–Crippen LogP) is -6.54. The quantitative estimate of drug-likeness (QED) is 0.309. The van der Waals surface area contributed by atoms with E-state index in [0.29, 0.717) is 0 Å². The third-order valence-corrected chi connectivity index (χ3v) is 0. The SMILES string of the molecule is [Cr].[Cu].[Fe].[H-].[H-].[K+].[Na+].[Pb].[Si]. The van der Waals surface area contributed by atoms with Gasteiger partial charge in [-0.25, -0.2) is 0 Å².